The summed E-state index contributed by atoms with van der Waals surface area (Å²) in [5.41, 5.74) is -0.114. The van der Waals surface area contributed by atoms with Gasteiger partial charge in [-0.05, 0) is 24.7 Å². The van der Waals surface area contributed by atoms with E-state index in [0.29, 0.717) is 0 Å². The fourth-order valence-corrected chi connectivity index (χ4v) is 3.59. The van der Waals surface area contributed by atoms with Crippen LogP contribution in [0.15, 0.2) is 0 Å². The first-order valence-corrected chi connectivity index (χ1v) is 6.08. The van der Waals surface area contributed by atoms with Gasteiger partial charge in [-0.25, -0.2) is 4.79 Å². The Hall–Kier alpha value is -1.17. The third kappa shape index (κ3) is 1.89. The summed E-state index contributed by atoms with van der Waals surface area (Å²) in [4.78, 5) is 11.1. The first kappa shape index (κ1) is 11.3. The van der Waals surface area contributed by atoms with Gasteiger partial charge in [0.1, 0.15) is 5.60 Å². The zero-order valence-corrected chi connectivity index (χ0v) is 9.58. The van der Waals surface area contributed by atoms with Gasteiger partial charge < -0.3 is 10.1 Å². The lowest BCUT2D eigenvalue weighted by atomic mass is 9.82. The number of fused-ring (bicyclic) bond motifs is 1. The van der Waals surface area contributed by atoms with Gasteiger partial charge in [0.2, 0.25) is 0 Å². The van der Waals surface area contributed by atoms with Gasteiger partial charge in [-0.3, -0.25) is 0 Å². The maximum Gasteiger partial charge on any atom is 0.407 e. The number of hydrogen-bond donors (Lipinski definition) is 1. The molecule has 0 radical (unpaired) electrons. The van der Waals surface area contributed by atoms with Crippen molar-refractivity contribution in [2.24, 2.45) is 11.8 Å². The molecule has 3 nitrogen and oxygen atoms in total. The van der Waals surface area contributed by atoms with Gasteiger partial charge in [-0.2, -0.15) is 0 Å². The lowest BCUT2D eigenvalue weighted by Gasteiger charge is -2.23. The van der Waals surface area contributed by atoms with Crippen LogP contribution in [0.4, 0.5) is 4.79 Å². The lowest BCUT2D eigenvalue weighted by Crippen LogP contribution is -2.30. The highest BCUT2D eigenvalue weighted by molar-refractivity contribution is 5.70. The molecule has 3 fully saturated rings. The Morgan fingerprint density at radius 3 is 2.19 bits per heavy atom. The molecule has 3 aliphatic rings. The summed E-state index contributed by atoms with van der Waals surface area (Å²) in [5.74, 6) is 1.66. The minimum atomic E-state index is -0.205. The number of ether oxygens (including phenoxy) is 1. The highest BCUT2D eigenvalue weighted by atomic mass is 16.6. The Bertz CT molecular complexity index is 284. The largest absolute Gasteiger partial charge is 0.441 e. The Labute approximate surface area is 96.9 Å². The van der Waals surface area contributed by atoms with E-state index in [-0.39, 0.29) is 11.7 Å². The van der Waals surface area contributed by atoms with E-state index >= 15 is 0 Å². The monoisotopic (exact) mass is 221 g/mol. The standard InChI is InChI=1S/C11H17NO2.C2H2/c13-10-12-7-11(14-10)5-8-3-1-2-4-9(8)6-11;1-2/h8-9H,1-7H2,(H,12,13);1-2H. The van der Waals surface area contributed by atoms with Gasteiger partial charge in [0.15, 0.2) is 0 Å². The molecule has 3 heteroatoms. The second kappa shape index (κ2) is 4.37. The lowest BCUT2D eigenvalue weighted by molar-refractivity contribution is 0.0576. The molecule has 88 valence electrons. The second-order valence-electron chi connectivity index (χ2n) is 5.14. The van der Waals surface area contributed by atoms with Gasteiger partial charge in [0, 0.05) is 0 Å². The molecule has 1 N–H and O–H groups in total. The zero-order chi connectivity index (χ0) is 11.6. The predicted molar refractivity (Wildman–Crippen MR) is 61.8 cm³/mol. The number of hydrogen-bond acceptors (Lipinski definition) is 2. The molecular formula is C13H19NO2. The Morgan fingerprint density at radius 1 is 1.19 bits per heavy atom. The van der Waals surface area contributed by atoms with Crippen molar-refractivity contribution in [3.63, 3.8) is 0 Å². The molecule has 2 atom stereocenters. The average molecular weight is 221 g/mol. The smallest absolute Gasteiger partial charge is 0.407 e. The number of carbonyl (C=O) groups is 1. The van der Waals surface area contributed by atoms with E-state index in [2.05, 4.69) is 18.2 Å². The minimum Gasteiger partial charge on any atom is -0.441 e. The molecule has 2 saturated carbocycles. The van der Waals surface area contributed by atoms with Crippen LogP contribution in [0.3, 0.4) is 0 Å². The van der Waals surface area contributed by atoms with Gasteiger partial charge in [-0.1, -0.05) is 25.7 Å². The van der Waals surface area contributed by atoms with E-state index in [4.69, 9.17) is 4.74 Å². The summed E-state index contributed by atoms with van der Waals surface area (Å²) in [6.45, 7) is 0.749. The molecule has 1 aliphatic heterocycles. The minimum absolute atomic E-state index is 0.114. The van der Waals surface area contributed by atoms with E-state index in [1.54, 1.807) is 0 Å². The van der Waals surface area contributed by atoms with Crippen LogP contribution in [0, 0.1) is 24.7 Å². The Kier molecular flexibility index (Phi) is 3.09. The Balaban J connectivity index is 0.000000457. The van der Waals surface area contributed by atoms with Crippen LogP contribution in [-0.2, 0) is 4.74 Å². The predicted octanol–water partition coefficient (Wildman–Crippen LogP) is 2.31. The molecular weight excluding hydrogens is 202 g/mol. The van der Waals surface area contributed by atoms with Crippen LogP contribution >= 0.6 is 0 Å². The quantitative estimate of drug-likeness (QED) is 0.637. The van der Waals surface area contributed by atoms with E-state index in [0.717, 1.165) is 31.2 Å². The second-order valence-corrected chi connectivity index (χ2v) is 5.14. The van der Waals surface area contributed by atoms with E-state index in [1.807, 2.05) is 0 Å². The Morgan fingerprint density at radius 2 is 1.75 bits per heavy atom. The molecule has 0 aromatic heterocycles. The van der Waals surface area contributed by atoms with Gasteiger partial charge in [-0.15, -0.1) is 12.8 Å². The number of carbonyl (C=O) groups excluding carboxylic acids is 1. The summed E-state index contributed by atoms with van der Waals surface area (Å²) >= 11 is 0. The van der Waals surface area contributed by atoms with Gasteiger partial charge >= 0.3 is 6.09 Å². The molecule has 1 heterocycles. The van der Waals surface area contributed by atoms with Crippen molar-refractivity contribution in [3.8, 4) is 12.8 Å². The molecule has 2 unspecified atom stereocenters. The molecule has 16 heavy (non-hydrogen) atoms. The van der Waals surface area contributed by atoms with Crippen molar-refractivity contribution in [3.05, 3.63) is 0 Å². The van der Waals surface area contributed by atoms with Crippen LogP contribution in [0.1, 0.15) is 38.5 Å². The summed E-state index contributed by atoms with van der Waals surface area (Å²) < 4.78 is 5.45. The molecule has 2 aliphatic carbocycles. The molecule has 1 spiro atoms. The number of alkyl carbamates (subject to hydrolysis) is 1. The van der Waals surface area contributed by atoms with Crippen molar-refractivity contribution in [1.82, 2.24) is 5.32 Å². The van der Waals surface area contributed by atoms with Crippen LogP contribution in [0.2, 0.25) is 0 Å². The van der Waals surface area contributed by atoms with Crippen LogP contribution < -0.4 is 5.32 Å². The van der Waals surface area contributed by atoms with Crippen LogP contribution in [0.25, 0.3) is 0 Å². The highest BCUT2D eigenvalue weighted by Crippen LogP contribution is 2.49. The first-order valence-electron chi connectivity index (χ1n) is 6.08. The number of rotatable bonds is 0. The van der Waals surface area contributed by atoms with E-state index in [9.17, 15) is 4.79 Å². The topological polar surface area (TPSA) is 38.3 Å². The van der Waals surface area contributed by atoms with Crippen molar-refractivity contribution >= 4 is 6.09 Å². The maximum atomic E-state index is 11.1. The normalized spacial score (nSPS) is 40.5. The van der Waals surface area contributed by atoms with E-state index in [1.165, 1.54) is 25.7 Å². The van der Waals surface area contributed by atoms with Gasteiger partial charge in [0.05, 0.1) is 6.54 Å². The van der Waals surface area contributed by atoms with Crippen molar-refractivity contribution in [2.75, 3.05) is 6.54 Å². The molecule has 1 amide bonds. The molecule has 3 rings (SSSR count). The maximum absolute atomic E-state index is 11.1. The molecule has 1 saturated heterocycles. The van der Waals surface area contributed by atoms with Crippen molar-refractivity contribution < 1.29 is 9.53 Å². The summed E-state index contributed by atoms with van der Waals surface area (Å²) in [6, 6.07) is 0. The van der Waals surface area contributed by atoms with Crippen molar-refractivity contribution in [2.45, 2.75) is 44.1 Å². The summed E-state index contributed by atoms with van der Waals surface area (Å²) in [6.07, 6.45) is 15.5. The summed E-state index contributed by atoms with van der Waals surface area (Å²) in [5, 5.41) is 2.80. The summed E-state index contributed by atoms with van der Waals surface area (Å²) in [7, 11) is 0. The highest BCUT2D eigenvalue weighted by Gasteiger charge is 2.51. The van der Waals surface area contributed by atoms with Crippen molar-refractivity contribution in [1.29, 1.82) is 0 Å². The third-order valence-electron chi connectivity index (χ3n) is 4.20. The molecule has 0 bridgehead atoms. The van der Waals surface area contributed by atoms with E-state index < -0.39 is 0 Å². The fourth-order valence-electron chi connectivity index (χ4n) is 3.59. The molecule has 0 aromatic rings. The zero-order valence-electron chi connectivity index (χ0n) is 9.58. The molecule has 0 aromatic carbocycles. The number of amides is 1. The number of nitrogens with one attached hydrogen (secondary N) is 1. The van der Waals surface area contributed by atoms with Crippen LogP contribution in [-0.4, -0.2) is 18.2 Å². The number of terminal acetylenes is 1. The fraction of sp³-hybridized carbons (Fsp3) is 0.769. The van der Waals surface area contributed by atoms with Crippen LogP contribution in [0.5, 0.6) is 0 Å². The SMILES string of the molecule is C#C.O=C1NCC2(CC3CCCCC3C2)O1. The average Bonchev–Trinajstić information content (AvgIpc) is 2.84. The third-order valence-corrected chi connectivity index (χ3v) is 4.20. The van der Waals surface area contributed by atoms with Gasteiger partial charge in [0.25, 0.3) is 0 Å². The first-order chi connectivity index (χ1) is 7.77.